The predicted octanol–water partition coefficient (Wildman–Crippen LogP) is 1.71. The van der Waals surface area contributed by atoms with E-state index in [9.17, 15) is 0 Å². The molecule has 7 heteroatoms. The van der Waals surface area contributed by atoms with Crippen molar-refractivity contribution >= 4 is 15.9 Å². The molecular formula is C3H13N2O2P2Y-. The topological polar surface area (TPSA) is 85.6 Å². The maximum atomic E-state index is 8.68. The standard InChI is InChI=1S/C2H7NOP.CH4.H2NOP.Y/c1-5(2,3)4;;1-3-2;/h1-2H3,(H-,3,4);1H4;(H2,1,2);/q-1;;;. The Balaban J connectivity index is -0.0000000326. The molecule has 0 bridgehead atoms. The van der Waals surface area contributed by atoms with E-state index in [4.69, 9.17) is 14.6 Å². The van der Waals surface area contributed by atoms with Crippen LogP contribution in [0, 0.1) is 0 Å². The molecule has 1 radical (unpaired) electrons. The molecule has 0 atom stereocenters. The van der Waals surface area contributed by atoms with Gasteiger partial charge in [-0.3, -0.25) is 10.1 Å². The Morgan fingerprint density at radius 2 is 1.60 bits per heavy atom. The first-order valence-corrected chi connectivity index (χ1v) is 5.21. The van der Waals surface area contributed by atoms with Gasteiger partial charge >= 0.3 is 0 Å². The van der Waals surface area contributed by atoms with Crippen molar-refractivity contribution in [2.75, 3.05) is 13.3 Å². The van der Waals surface area contributed by atoms with E-state index in [2.05, 4.69) is 5.50 Å². The van der Waals surface area contributed by atoms with Crippen molar-refractivity contribution in [2.45, 2.75) is 7.43 Å². The van der Waals surface area contributed by atoms with Gasteiger partial charge in [-0.1, -0.05) is 7.43 Å². The van der Waals surface area contributed by atoms with Crippen LogP contribution in [-0.2, 0) is 37.3 Å². The summed E-state index contributed by atoms with van der Waals surface area (Å²) in [5.74, 6) is 0. The molecule has 0 aromatic heterocycles. The molecular weight excluding hydrogens is 247 g/mol. The average molecular weight is 260 g/mol. The van der Waals surface area contributed by atoms with Gasteiger partial charge in [-0.2, -0.15) is 0 Å². The van der Waals surface area contributed by atoms with E-state index in [1.54, 1.807) is 0 Å². The number of hydrogen-bond donors (Lipinski definition) is 2. The molecule has 0 aliphatic rings. The summed E-state index contributed by atoms with van der Waals surface area (Å²) in [5.41, 5.74) is 4.26. The molecule has 61 valence electrons. The maximum Gasteiger partial charge on any atom is 0.242 e. The van der Waals surface area contributed by atoms with Crippen LogP contribution in [0.1, 0.15) is 7.43 Å². The molecule has 0 heterocycles. The van der Waals surface area contributed by atoms with E-state index >= 15 is 0 Å². The van der Waals surface area contributed by atoms with E-state index in [1.807, 2.05) is 0 Å². The fourth-order valence-corrected chi connectivity index (χ4v) is 0. The number of hydrogen-bond acceptors (Lipinski definition) is 1. The molecule has 0 saturated carbocycles. The summed E-state index contributed by atoms with van der Waals surface area (Å²) in [4.78, 5) is 8.19. The Hall–Kier alpha value is 1.35. The van der Waals surface area contributed by atoms with Gasteiger partial charge in [-0.15, -0.1) is 7.28 Å². The van der Waals surface area contributed by atoms with Crippen LogP contribution in [-0.4, -0.2) is 18.2 Å². The van der Waals surface area contributed by atoms with E-state index in [0.717, 1.165) is 0 Å². The summed E-state index contributed by atoms with van der Waals surface area (Å²) < 4.78 is 8.68. The van der Waals surface area contributed by atoms with E-state index < -0.39 is 7.28 Å². The summed E-state index contributed by atoms with van der Waals surface area (Å²) in [6.07, 6.45) is 0. The van der Waals surface area contributed by atoms with E-state index in [1.165, 1.54) is 13.3 Å². The van der Waals surface area contributed by atoms with Crippen LogP contribution in [0.2, 0.25) is 0 Å². The molecule has 3 N–H and O–H groups in total. The summed E-state index contributed by atoms with van der Waals surface area (Å²) in [6.45, 7) is 2.82. The van der Waals surface area contributed by atoms with Gasteiger partial charge in [0.15, 0.2) is 0 Å². The predicted molar refractivity (Wildman–Crippen MR) is 42.9 cm³/mol. The van der Waals surface area contributed by atoms with Crippen molar-refractivity contribution < 1.29 is 42.2 Å². The third-order valence-electron chi connectivity index (χ3n) is 0. The quantitative estimate of drug-likeness (QED) is 0.650. The largest absolute Gasteiger partial charge is 0.786 e. The van der Waals surface area contributed by atoms with E-state index in [-0.39, 0.29) is 48.7 Å². The Labute approximate surface area is 89.0 Å². The fraction of sp³-hybridized carbons (Fsp3) is 1.00. The molecule has 0 spiro atoms. The third-order valence-corrected chi connectivity index (χ3v) is 0. The van der Waals surface area contributed by atoms with Crippen LogP contribution in [0.4, 0.5) is 0 Å². The van der Waals surface area contributed by atoms with Gasteiger partial charge in [0.05, 0.1) is 0 Å². The summed E-state index contributed by atoms with van der Waals surface area (Å²) in [7, 11) is -2.72. The molecule has 0 saturated heterocycles. The monoisotopic (exact) mass is 260 g/mol. The first kappa shape index (κ1) is 22.5. The molecule has 0 rings (SSSR count). The molecule has 0 unspecified atom stereocenters. The van der Waals surface area contributed by atoms with Crippen molar-refractivity contribution in [3.05, 3.63) is 5.16 Å². The van der Waals surface area contributed by atoms with E-state index in [0.29, 0.717) is 0 Å². The molecule has 10 heavy (non-hydrogen) atoms. The second-order valence-corrected chi connectivity index (χ2v) is 4.33. The van der Waals surface area contributed by atoms with Gasteiger partial charge in [-0.25, -0.2) is 0 Å². The average Bonchev–Trinajstić information content (AvgIpc) is 1.27. The zero-order valence-electron chi connectivity index (χ0n) is 5.35. The molecule has 4 nitrogen and oxygen atoms in total. The molecule has 0 amide bonds. The zero-order chi connectivity index (χ0) is 7.21. The van der Waals surface area contributed by atoms with Gasteiger partial charge in [0.25, 0.3) is 0 Å². The van der Waals surface area contributed by atoms with Crippen LogP contribution >= 0.6 is 15.9 Å². The molecule has 0 aromatic rings. The van der Waals surface area contributed by atoms with Crippen LogP contribution in [0.3, 0.4) is 0 Å². The first-order valence-electron chi connectivity index (χ1n) is 1.74. The smallest absolute Gasteiger partial charge is 0.242 e. The van der Waals surface area contributed by atoms with Crippen LogP contribution in [0.25, 0.3) is 5.16 Å². The van der Waals surface area contributed by atoms with Gasteiger partial charge < -0.3 is 10.1 Å². The minimum absolute atomic E-state index is 0. The molecule has 0 aliphatic heterocycles. The molecule has 0 aromatic carbocycles. The van der Waals surface area contributed by atoms with Gasteiger partial charge in [0.1, 0.15) is 0 Å². The second kappa shape index (κ2) is 13.0. The number of nitrogens with two attached hydrogens (primary N) is 1. The van der Waals surface area contributed by atoms with Crippen LogP contribution in [0.15, 0.2) is 0 Å². The number of nitrogens with zero attached hydrogens (tertiary/aromatic N) is 1. The first-order chi connectivity index (χ1) is 3.41. The minimum atomic E-state index is -2.39. The summed E-state index contributed by atoms with van der Waals surface area (Å²) in [5, 5.41) is 8.19. The Morgan fingerprint density at radius 1 is 1.60 bits per heavy atom. The summed E-state index contributed by atoms with van der Waals surface area (Å²) >= 11 is 0. The molecule has 0 aliphatic carbocycles. The Bertz CT molecular complexity index is 96.4. The van der Waals surface area contributed by atoms with Crippen molar-refractivity contribution in [3.63, 3.8) is 0 Å². The maximum absolute atomic E-state index is 8.68. The van der Waals surface area contributed by atoms with Gasteiger partial charge in [-0.05, 0) is 13.3 Å². The third kappa shape index (κ3) is 356. The Kier molecular flexibility index (Phi) is 29.2. The normalized spacial score (nSPS) is 8.00. The second-order valence-electron chi connectivity index (χ2n) is 1.44. The summed E-state index contributed by atoms with van der Waals surface area (Å²) in [6, 6.07) is 0. The zero-order valence-corrected chi connectivity index (χ0v) is 9.98. The van der Waals surface area contributed by atoms with Gasteiger partial charge in [0, 0.05) is 32.7 Å². The van der Waals surface area contributed by atoms with Crippen LogP contribution in [0.5, 0.6) is 0 Å². The van der Waals surface area contributed by atoms with Gasteiger partial charge in [0.2, 0.25) is 8.61 Å². The molecule has 0 fully saturated rings. The Morgan fingerprint density at radius 3 is 1.60 bits per heavy atom. The SMILES string of the molecule is C.CP(C)(=[N-])O.NP=O.[Y]. The number of rotatable bonds is 0. The van der Waals surface area contributed by atoms with Crippen molar-refractivity contribution in [3.8, 4) is 0 Å². The minimum Gasteiger partial charge on any atom is -0.786 e. The van der Waals surface area contributed by atoms with Crippen molar-refractivity contribution in [1.82, 2.24) is 0 Å². The van der Waals surface area contributed by atoms with Crippen molar-refractivity contribution in [2.24, 2.45) is 5.50 Å². The van der Waals surface area contributed by atoms with Crippen molar-refractivity contribution in [1.29, 1.82) is 0 Å². The fourth-order valence-electron chi connectivity index (χ4n) is 0. The van der Waals surface area contributed by atoms with Crippen LogP contribution < -0.4 is 5.50 Å².